The molecule has 7 nitrogen and oxygen atoms in total. The van der Waals surface area contributed by atoms with E-state index in [4.69, 9.17) is 5.73 Å². The predicted octanol–water partition coefficient (Wildman–Crippen LogP) is 1.52. The van der Waals surface area contributed by atoms with Crippen LogP contribution in [0.2, 0.25) is 0 Å². The van der Waals surface area contributed by atoms with Crippen molar-refractivity contribution in [2.75, 3.05) is 13.1 Å². The van der Waals surface area contributed by atoms with E-state index in [-0.39, 0.29) is 23.8 Å². The molecule has 4 amide bonds. The summed E-state index contributed by atoms with van der Waals surface area (Å²) in [6.45, 7) is 1.45. The van der Waals surface area contributed by atoms with Gasteiger partial charge in [-0.3, -0.25) is 9.59 Å². The highest BCUT2D eigenvalue weighted by Crippen LogP contribution is 2.33. The van der Waals surface area contributed by atoms with Crippen molar-refractivity contribution < 1.29 is 14.4 Å². The standard InChI is InChI=1S/C20H28N4O3/c21-17(25)16-8-12-24(13-9-16)18(26)20(10-4-5-11-20)23-19(27)22-14-15-6-2-1-3-7-15/h1-3,6-7,16H,4-5,8-14H2,(H2,21,25)(H2,22,23,27). The molecule has 0 spiro atoms. The van der Waals surface area contributed by atoms with Crippen molar-refractivity contribution in [3.8, 4) is 0 Å². The van der Waals surface area contributed by atoms with Crippen molar-refractivity contribution >= 4 is 17.8 Å². The van der Waals surface area contributed by atoms with E-state index in [1.807, 2.05) is 30.3 Å². The summed E-state index contributed by atoms with van der Waals surface area (Å²) in [7, 11) is 0. The van der Waals surface area contributed by atoms with E-state index >= 15 is 0 Å². The van der Waals surface area contributed by atoms with Gasteiger partial charge in [-0.05, 0) is 31.2 Å². The molecule has 7 heteroatoms. The molecule has 3 rings (SSSR count). The van der Waals surface area contributed by atoms with E-state index in [0.29, 0.717) is 45.3 Å². The van der Waals surface area contributed by atoms with E-state index in [1.165, 1.54) is 0 Å². The monoisotopic (exact) mass is 372 g/mol. The molecule has 0 unspecified atom stereocenters. The minimum atomic E-state index is -0.833. The summed E-state index contributed by atoms with van der Waals surface area (Å²) in [5, 5.41) is 5.81. The topological polar surface area (TPSA) is 105 Å². The first-order valence-corrected chi connectivity index (χ1v) is 9.69. The summed E-state index contributed by atoms with van der Waals surface area (Å²) in [6.07, 6.45) is 4.33. The van der Waals surface area contributed by atoms with Crippen LogP contribution in [0.4, 0.5) is 4.79 Å². The first kappa shape index (κ1) is 19.2. The van der Waals surface area contributed by atoms with Gasteiger partial charge in [0.15, 0.2) is 0 Å². The molecule has 1 aliphatic carbocycles. The van der Waals surface area contributed by atoms with E-state index in [0.717, 1.165) is 18.4 Å². The number of nitrogens with one attached hydrogen (secondary N) is 2. The second-order valence-electron chi connectivity index (χ2n) is 7.55. The van der Waals surface area contributed by atoms with Gasteiger partial charge in [0.1, 0.15) is 5.54 Å². The number of nitrogens with two attached hydrogens (primary N) is 1. The van der Waals surface area contributed by atoms with Crippen LogP contribution in [0.5, 0.6) is 0 Å². The summed E-state index contributed by atoms with van der Waals surface area (Å²) in [5.41, 5.74) is 5.55. The summed E-state index contributed by atoms with van der Waals surface area (Å²) in [6, 6.07) is 9.34. The van der Waals surface area contributed by atoms with Crippen molar-refractivity contribution in [1.29, 1.82) is 0 Å². The summed E-state index contributed by atoms with van der Waals surface area (Å²) < 4.78 is 0. The fraction of sp³-hybridized carbons (Fsp3) is 0.550. The lowest BCUT2D eigenvalue weighted by atomic mass is 9.91. The number of carbonyl (C=O) groups excluding carboxylic acids is 3. The van der Waals surface area contributed by atoms with Crippen LogP contribution >= 0.6 is 0 Å². The third-order valence-electron chi connectivity index (χ3n) is 5.70. The molecular formula is C20H28N4O3. The molecule has 2 aliphatic rings. The highest BCUT2D eigenvalue weighted by Gasteiger charge is 2.45. The van der Waals surface area contributed by atoms with Crippen LogP contribution in [0.3, 0.4) is 0 Å². The zero-order valence-corrected chi connectivity index (χ0v) is 15.6. The van der Waals surface area contributed by atoms with Gasteiger partial charge in [-0.25, -0.2) is 4.79 Å². The van der Waals surface area contributed by atoms with Gasteiger partial charge in [-0.2, -0.15) is 0 Å². The van der Waals surface area contributed by atoms with Gasteiger partial charge in [-0.15, -0.1) is 0 Å². The lowest BCUT2D eigenvalue weighted by Gasteiger charge is -2.38. The van der Waals surface area contributed by atoms with Crippen LogP contribution in [0.15, 0.2) is 30.3 Å². The van der Waals surface area contributed by atoms with Crippen LogP contribution < -0.4 is 16.4 Å². The molecule has 1 saturated heterocycles. The number of benzene rings is 1. The Morgan fingerprint density at radius 3 is 2.30 bits per heavy atom. The number of nitrogens with zero attached hydrogens (tertiary/aromatic N) is 1. The van der Waals surface area contributed by atoms with Crippen LogP contribution in [0.25, 0.3) is 0 Å². The second kappa shape index (κ2) is 8.41. The van der Waals surface area contributed by atoms with E-state index in [1.54, 1.807) is 4.90 Å². The fourth-order valence-corrected chi connectivity index (χ4v) is 4.08. The fourth-order valence-electron chi connectivity index (χ4n) is 4.08. The molecule has 1 saturated carbocycles. The SMILES string of the molecule is NC(=O)C1CCN(C(=O)C2(NC(=O)NCc3ccccc3)CCCC2)CC1. The molecule has 1 aromatic carbocycles. The number of likely N-dealkylation sites (tertiary alicyclic amines) is 1. The Kier molecular flexibility index (Phi) is 5.98. The molecule has 2 fully saturated rings. The number of piperidine rings is 1. The maximum Gasteiger partial charge on any atom is 0.315 e. The summed E-state index contributed by atoms with van der Waals surface area (Å²) in [5.74, 6) is -0.482. The van der Waals surface area contributed by atoms with Gasteiger partial charge in [0.2, 0.25) is 11.8 Å². The Balaban J connectivity index is 1.59. The average molecular weight is 372 g/mol. The maximum atomic E-state index is 13.2. The number of urea groups is 1. The number of hydrogen-bond donors (Lipinski definition) is 3. The van der Waals surface area contributed by atoms with Crippen LogP contribution in [-0.4, -0.2) is 41.4 Å². The number of rotatable bonds is 5. The first-order valence-electron chi connectivity index (χ1n) is 9.69. The Morgan fingerprint density at radius 1 is 1.07 bits per heavy atom. The highest BCUT2D eigenvalue weighted by atomic mass is 16.2. The van der Waals surface area contributed by atoms with Gasteiger partial charge in [-0.1, -0.05) is 43.2 Å². The third-order valence-corrected chi connectivity index (χ3v) is 5.70. The number of hydrogen-bond acceptors (Lipinski definition) is 3. The highest BCUT2D eigenvalue weighted by molar-refractivity contribution is 5.91. The van der Waals surface area contributed by atoms with Crippen molar-refractivity contribution in [3.63, 3.8) is 0 Å². The van der Waals surface area contributed by atoms with Gasteiger partial charge in [0.25, 0.3) is 0 Å². The number of carbonyl (C=O) groups is 3. The second-order valence-corrected chi connectivity index (χ2v) is 7.55. The van der Waals surface area contributed by atoms with Crippen molar-refractivity contribution in [2.45, 2.75) is 50.6 Å². The number of amides is 4. The Labute approximate surface area is 159 Å². The zero-order valence-electron chi connectivity index (χ0n) is 15.6. The predicted molar refractivity (Wildman–Crippen MR) is 102 cm³/mol. The van der Waals surface area contributed by atoms with Gasteiger partial charge in [0.05, 0.1) is 0 Å². The Hall–Kier alpha value is -2.57. The summed E-state index contributed by atoms with van der Waals surface area (Å²) >= 11 is 0. The Bertz CT molecular complexity index is 678. The lowest BCUT2D eigenvalue weighted by Crippen LogP contribution is -2.61. The maximum absolute atomic E-state index is 13.2. The molecular weight excluding hydrogens is 344 g/mol. The molecule has 1 aromatic rings. The van der Waals surface area contributed by atoms with Gasteiger partial charge in [0, 0.05) is 25.6 Å². The average Bonchev–Trinajstić information content (AvgIpc) is 3.16. The summed E-state index contributed by atoms with van der Waals surface area (Å²) in [4.78, 5) is 38.7. The van der Waals surface area contributed by atoms with E-state index in [2.05, 4.69) is 10.6 Å². The molecule has 0 radical (unpaired) electrons. The largest absolute Gasteiger partial charge is 0.369 e. The van der Waals surface area contributed by atoms with Crippen LogP contribution in [-0.2, 0) is 16.1 Å². The molecule has 146 valence electrons. The van der Waals surface area contributed by atoms with Crippen LogP contribution in [0, 0.1) is 5.92 Å². The van der Waals surface area contributed by atoms with Gasteiger partial charge < -0.3 is 21.3 Å². The molecule has 4 N–H and O–H groups in total. The minimum absolute atomic E-state index is 0.0298. The molecule has 0 aromatic heterocycles. The lowest BCUT2D eigenvalue weighted by molar-refractivity contribution is -0.140. The Morgan fingerprint density at radius 2 is 1.70 bits per heavy atom. The molecule has 27 heavy (non-hydrogen) atoms. The molecule has 0 bridgehead atoms. The minimum Gasteiger partial charge on any atom is -0.369 e. The molecule has 1 aliphatic heterocycles. The van der Waals surface area contributed by atoms with Crippen molar-refractivity contribution in [3.05, 3.63) is 35.9 Å². The zero-order chi connectivity index (χ0) is 19.3. The quantitative estimate of drug-likeness (QED) is 0.730. The van der Waals surface area contributed by atoms with E-state index in [9.17, 15) is 14.4 Å². The smallest absolute Gasteiger partial charge is 0.315 e. The first-order chi connectivity index (χ1) is 13.0. The van der Waals surface area contributed by atoms with Crippen molar-refractivity contribution in [1.82, 2.24) is 15.5 Å². The normalized spacial score (nSPS) is 19.5. The third kappa shape index (κ3) is 4.59. The van der Waals surface area contributed by atoms with Crippen molar-refractivity contribution in [2.24, 2.45) is 11.7 Å². The molecule has 1 heterocycles. The van der Waals surface area contributed by atoms with Crippen LogP contribution in [0.1, 0.15) is 44.1 Å². The van der Waals surface area contributed by atoms with Gasteiger partial charge >= 0.3 is 6.03 Å². The molecule has 0 atom stereocenters. The van der Waals surface area contributed by atoms with E-state index < -0.39 is 5.54 Å². The number of primary amides is 1.